The Balaban J connectivity index is 1.33. The van der Waals surface area contributed by atoms with E-state index in [1.54, 1.807) is 0 Å². The Bertz CT molecular complexity index is 792. The molecule has 4 rings (SSSR count). The molecule has 1 fully saturated rings. The molecule has 0 bridgehead atoms. The monoisotopic (exact) mass is 363 g/mol. The first-order valence-corrected chi connectivity index (χ1v) is 9.68. The van der Waals surface area contributed by atoms with Crippen molar-refractivity contribution in [3.63, 3.8) is 0 Å². The van der Waals surface area contributed by atoms with E-state index in [1.807, 2.05) is 35.2 Å². The van der Waals surface area contributed by atoms with Crippen molar-refractivity contribution in [1.82, 2.24) is 4.90 Å². The van der Waals surface area contributed by atoms with Crippen LogP contribution in [0.2, 0.25) is 0 Å². The van der Waals surface area contributed by atoms with E-state index < -0.39 is 0 Å². The molecule has 0 spiro atoms. The van der Waals surface area contributed by atoms with Crippen LogP contribution in [0.4, 0.5) is 0 Å². The summed E-state index contributed by atoms with van der Waals surface area (Å²) >= 11 is 0. The van der Waals surface area contributed by atoms with Gasteiger partial charge in [-0.1, -0.05) is 36.4 Å². The number of benzene rings is 2. The second-order valence-corrected chi connectivity index (χ2v) is 7.07. The van der Waals surface area contributed by atoms with Gasteiger partial charge in [-0.2, -0.15) is 0 Å². The van der Waals surface area contributed by atoms with Gasteiger partial charge < -0.3 is 14.4 Å². The molecule has 2 aliphatic rings. The Morgan fingerprint density at radius 2 is 1.93 bits per heavy atom. The van der Waals surface area contributed by atoms with Crippen LogP contribution in [0, 0.1) is 0 Å². The fourth-order valence-electron chi connectivity index (χ4n) is 3.61. The normalized spacial score (nSPS) is 19.6. The van der Waals surface area contributed by atoms with Gasteiger partial charge in [0, 0.05) is 25.3 Å². The number of rotatable bonds is 5. The third-order valence-electron chi connectivity index (χ3n) is 5.20. The lowest BCUT2D eigenvalue weighted by Gasteiger charge is -2.27. The number of hydrogen-bond acceptors (Lipinski definition) is 3. The van der Waals surface area contributed by atoms with Crippen LogP contribution in [0.25, 0.3) is 5.57 Å². The summed E-state index contributed by atoms with van der Waals surface area (Å²) < 4.78 is 11.3. The smallest absolute Gasteiger partial charge is 0.254 e. The summed E-state index contributed by atoms with van der Waals surface area (Å²) in [6.45, 7) is 2.81. The molecule has 2 aromatic carbocycles. The minimum Gasteiger partial charge on any atom is -0.491 e. The van der Waals surface area contributed by atoms with Gasteiger partial charge in [0.15, 0.2) is 0 Å². The number of carbonyl (C=O) groups is 1. The summed E-state index contributed by atoms with van der Waals surface area (Å²) in [4.78, 5) is 14.7. The molecule has 1 atom stereocenters. The zero-order valence-electron chi connectivity index (χ0n) is 15.5. The van der Waals surface area contributed by atoms with Crippen LogP contribution in [0.15, 0.2) is 60.7 Å². The minimum absolute atomic E-state index is 0.0732. The van der Waals surface area contributed by atoms with Crippen molar-refractivity contribution in [3.8, 4) is 5.75 Å². The van der Waals surface area contributed by atoms with Crippen LogP contribution in [0.3, 0.4) is 0 Å². The van der Waals surface area contributed by atoms with Crippen molar-refractivity contribution < 1.29 is 14.3 Å². The molecule has 1 amide bonds. The van der Waals surface area contributed by atoms with Crippen molar-refractivity contribution in [2.75, 3.05) is 26.3 Å². The van der Waals surface area contributed by atoms with Crippen molar-refractivity contribution in [2.24, 2.45) is 0 Å². The molecule has 0 radical (unpaired) electrons. The van der Waals surface area contributed by atoms with Gasteiger partial charge in [0.1, 0.15) is 12.4 Å². The van der Waals surface area contributed by atoms with Gasteiger partial charge in [0.25, 0.3) is 5.91 Å². The van der Waals surface area contributed by atoms with E-state index in [4.69, 9.17) is 9.47 Å². The zero-order valence-corrected chi connectivity index (χ0v) is 15.5. The molecule has 1 saturated heterocycles. The molecule has 4 heteroatoms. The summed E-state index contributed by atoms with van der Waals surface area (Å²) in [6.07, 6.45) is 5.42. The SMILES string of the molecule is O=C(c1ccc(OCC2CCCO2)cc1)N1CC=C(c2ccccc2)CC1. The van der Waals surface area contributed by atoms with Gasteiger partial charge in [0.2, 0.25) is 0 Å². The fourth-order valence-corrected chi connectivity index (χ4v) is 3.61. The molecule has 1 unspecified atom stereocenters. The molecule has 2 aromatic rings. The summed E-state index contributed by atoms with van der Waals surface area (Å²) in [7, 11) is 0. The highest BCUT2D eigenvalue weighted by atomic mass is 16.5. The lowest BCUT2D eigenvalue weighted by Crippen LogP contribution is -2.34. The zero-order chi connectivity index (χ0) is 18.5. The molecule has 0 aromatic heterocycles. The Hall–Kier alpha value is -2.59. The second-order valence-electron chi connectivity index (χ2n) is 7.07. The summed E-state index contributed by atoms with van der Waals surface area (Å²) in [5.74, 6) is 0.857. The van der Waals surface area contributed by atoms with E-state index in [9.17, 15) is 4.79 Å². The molecule has 140 valence electrons. The van der Waals surface area contributed by atoms with Crippen LogP contribution in [0.1, 0.15) is 35.2 Å². The third kappa shape index (κ3) is 4.40. The van der Waals surface area contributed by atoms with E-state index in [2.05, 4.69) is 30.3 Å². The Kier molecular flexibility index (Phi) is 5.54. The van der Waals surface area contributed by atoms with Gasteiger partial charge in [-0.3, -0.25) is 4.79 Å². The summed E-state index contributed by atoms with van der Waals surface area (Å²) in [6, 6.07) is 17.8. The predicted molar refractivity (Wildman–Crippen MR) is 106 cm³/mol. The van der Waals surface area contributed by atoms with Crippen molar-refractivity contribution >= 4 is 11.5 Å². The average molecular weight is 363 g/mol. The molecule has 27 heavy (non-hydrogen) atoms. The molecular formula is C23H25NO3. The highest BCUT2D eigenvalue weighted by molar-refractivity contribution is 5.95. The third-order valence-corrected chi connectivity index (χ3v) is 5.20. The van der Waals surface area contributed by atoms with Crippen molar-refractivity contribution in [2.45, 2.75) is 25.4 Å². The average Bonchev–Trinajstić information content (AvgIpc) is 3.27. The molecule has 0 aliphatic carbocycles. The van der Waals surface area contributed by atoms with Gasteiger partial charge in [-0.05, 0) is 54.7 Å². The van der Waals surface area contributed by atoms with Gasteiger partial charge >= 0.3 is 0 Å². The van der Waals surface area contributed by atoms with Crippen LogP contribution >= 0.6 is 0 Å². The Morgan fingerprint density at radius 1 is 1.11 bits per heavy atom. The second kappa shape index (κ2) is 8.40. The van der Waals surface area contributed by atoms with Gasteiger partial charge in [0.05, 0.1) is 6.10 Å². The number of carbonyl (C=O) groups excluding carboxylic acids is 1. The van der Waals surface area contributed by atoms with E-state index in [-0.39, 0.29) is 12.0 Å². The minimum atomic E-state index is 0.0732. The maximum Gasteiger partial charge on any atom is 0.254 e. The van der Waals surface area contributed by atoms with E-state index in [0.717, 1.165) is 38.2 Å². The maximum atomic E-state index is 12.8. The summed E-state index contributed by atoms with van der Waals surface area (Å²) in [5, 5.41) is 0. The van der Waals surface area contributed by atoms with Crippen molar-refractivity contribution in [1.29, 1.82) is 0 Å². The number of hydrogen-bond donors (Lipinski definition) is 0. The first-order valence-electron chi connectivity index (χ1n) is 9.68. The van der Waals surface area contributed by atoms with E-state index >= 15 is 0 Å². The van der Waals surface area contributed by atoms with E-state index in [0.29, 0.717) is 18.7 Å². The standard InChI is InChI=1S/C23H25NO3/c25-23(24-14-12-19(13-15-24)18-5-2-1-3-6-18)20-8-10-21(11-9-20)27-17-22-7-4-16-26-22/h1-3,5-6,8-12,22H,4,7,13-17H2. The van der Waals surface area contributed by atoms with Crippen LogP contribution < -0.4 is 4.74 Å². The predicted octanol–water partition coefficient (Wildman–Crippen LogP) is 4.17. The lowest BCUT2D eigenvalue weighted by molar-refractivity contribution is 0.0679. The topological polar surface area (TPSA) is 38.8 Å². The Labute approximate surface area is 160 Å². The first-order chi connectivity index (χ1) is 13.3. The fraction of sp³-hybridized carbons (Fsp3) is 0.348. The molecule has 4 nitrogen and oxygen atoms in total. The summed E-state index contributed by atoms with van der Waals surface area (Å²) in [5.41, 5.74) is 3.27. The highest BCUT2D eigenvalue weighted by Gasteiger charge is 2.20. The van der Waals surface area contributed by atoms with Gasteiger partial charge in [-0.25, -0.2) is 0 Å². The Morgan fingerprint density at radius 3 is 2.59 bits per heavy atom. The molecule has 2 heterocycles. The molecule has 0 N–H and O–H groups in total. The van der Waals surface area contributed by atoms with Crippen LogP contribution in [-0.2, 0) is 4.74 Å². The lowest BCUT2D eigenvalue weighted by atomic mass is 9.99. The van der Waals surface area contributed by atoms with Crippen LogP contribution in [-0.4, -0.2) is 43.2 Å². The largest absolute Gasteiger partial charge is 0.491 e. The van der Waals surface area contributed by atoms with Crippen molar-refractivity contribution in [3.05, 3.63) is 71.8 Å². The molecule has 0 saturated carbocycles. The quantitative estimate of drug-likeness (QED) is 0.800. The van der Waals surface area contributed by atoms with Gasteiger partial charge in [-0.15, -0.1) is 0 Å². The number of nitrogens with zero attached hydrogens (tertiary/aromatic N) is 1. The maximum absolute atomic E-state index is 12.8. The number of amides is 1. The molecular weight excluding hydrogens is 338 g/mol. The first kappa shape index (κ1) is 17.8. The van der Waals surface area contributed by atoms with Crippen LogP contribution in [0.5, 0.6) is 5.75 Å². The molecule has 2 aliphatic heterocycles. The number of ether oxygens (including phenoxy) is 2. The highest BCUT2D eigenvalue weighted by Crippen LogP contribution is 2.23. The van der Waals surface area contributed by atoms with E-state index in [1.165, 1.54) is 11.1 Å².